The Kier molecular flexibility index (Phi) is 5.70. The third-order valence-corrected chi connectivity index (χ3v) is 3.45. The van der Waals surface area contributed by atoms with Gasteiger partial charge >= 0.3 is 5.97 Å². The molecular formula is C16H13BrFNO4. The first-order chi connectivity index (χ1) is 11.0. The number of carboxylic acids is 1. The first kappa shape index (κ1) is 17.0. The number of amides is 1. The maximum absolute atomic E-state index is 14.1. The molecule has 2 aromatic carbocycles. The number of hydrogen-bond donors (Lipinski definition) is 1. The normalized spacial score (nSPS) is 10.2. The van der Waals surface area contributed by atoms with Gasteiger partial charge in [0.2, 0.25) is 0 Å². The van der Waals surface area contributed by atoms with Gasteiger partial charge in [-0.1, -0.05) is 44.7 Å². The topological polar surface area (TPSA) is 66.8 Å². The summed E-state index contributed by atoms with van der Waals surface area (Å²) in [5.74, 6) is -2.05. The molecule has 1 amide bonds. The molecule has 0 aliphatic carbocycles. The van der Waals surface area contributed by atoms with E-state index in [1.54, 1.807) is 36.4 Å². The predicted octanol–water partition coefficient (Wildman–Crippen LogP) is 3.44. The van der Waals surface area contributed by atoms with Crippen molar-refractivity contribution in [1.29, 1.82) is 0 Å². The number of carboxylic acid groups (broad SMARTS) is 1. The molecule has 23 heavy (non-hydrogen) atoms. The largest absolute Gasteiger partial charge is 0.481 e. The number of carbonyl (C=O) groups excluding carboxylic acids is 1. The van der Waals surface area contributed by atoms with E-state index >= 15 is 0 Å². The van der Waals surface area contributed by atoms with E-state index in [1.165, 1.54) is 12.1 Å². The van der Waals surface area contributed by atoms with Crippen molar-refractivity contribution in [2.24, 2.45) is 0 Å². The van der Waals surface area contributed by atoms with E-state index < -0.39 is 18.5 Å². The standard InChI is InChI=1S/C16H13BrFNO4/c17-12-7-5-11(6-8-12)9-19(18)16(22)13-3-1-2-4-14(13)23-10-15(20)21/h1-8H,9-10H2,(H,20,21). The van der Waals surface area contributed by atoms with E-state index in [0.717, 1.165) is 4.47 Å². The summed E-state index contributed by atoms with van der Waals surface area (Å²) >= 11 is 3.28. The van der Waals surface area contributed by atoms with Crippen molar-refractivity contribution in [3.05, 3.63) is 64.1 Å². The number of ether oxygens (including phenoxy) is 1. The second-order valence-electron chi connectivity index (χ2n) is 4.63. The summed E-state index contributed by atoms with van der Waals surface area (Å²) in [5.41, 5.74) is 0.585. The number of rotatable bonds is 6. The molecular weight excluding hydrogens is 369 g/mol. The summed E-state index contributed by atoms with van der Waals surface area (Å²) in [5, 5.41) is 8.69. The molecule has 0 unspecified atom stereocenters. The fraction of sp³-hybridized carbons (Fsp3) is 0.125. The van der Waals surface area contributed by atoms with Gasteiger partial charge in [-0.05, 0) is 29.8 Å². The van der Waals surface area contributed by atoms with Crippen molar-refractivity contribution >= 4 is 27.8 Å². The molecule has 2 aromatic rings. The van der Waals surface area contributed by atoms with Crippen LogP contribution in [0.5, 0.6) is 5.75 Å². The zero-order valence-electron chi connectivity index (χ0n) is 11.9. The maximum Gasteiger partial charge on any atom is 0.341 e. The van der Waals surface area contributed by atoms with E-state index in [4.69, 9.17) is 9.84 Å². The average Bonchev–Trinajstić information content (AvgIpc) is 2.54. The molecule has 0 saturated heterocycles. The van der Waals surface area contributed by atoms with E-state index in [-0.39, 0.29) is 23.0 Å². The van der Waals surface area contributed by atoms with Gasteiger partial charge in [0.05, 0.1) is 12.1 Å². The molecule has 0 saturated carbocycles. The molecule has 1 N–H and O–H groups in total. The lowest BCUT2D eigenvalue weighted by Gasteiger charge is -2.15. The van der Waals surface area contributed by atoms with Crippen LogP contribution in [0.4, 0.5) is 4.48 Å². The molecule has 0 aliphatic heterocycles. The highest BCUT2D eigenvalue weighted by Crippen LogP contribution is 2.21. The van der Waals surface area contributed by atoms with Crippen LogP contribution in [0.2, 0.25) is 0 Å². The lowest BCUT2D eigenvalue weighted by molar-refractivity contribution is -0.139. The van der Waals surface area contributed by atoms with Gasteiger partial charge in [0, 0.05) is 4.47 Å². The summed E-state index contributed by atoms with van der Waals surface area (Å²) < 4.78 is 20.0. The number of nitrogens with zero attached hydrogens (tertiary/aromatic N) is 1. The third kappa shape index (κ3) is 4.79. The third-order valence-electron chi connectivity index (χ3n) is 2.92. The van der Waals surface area contributed by atoms with Gasteiger partial charge < -0.3 is 9.84 Å². The Labute approximate surface area is 140 Å². The Morgan fingerprint density at radius 1 is 1.13 bits per heavy atom. The highest BCUT2D eigenvalue weighted by molar-refractivity contribution is 9.10. The van der Waals surface area contributed by atoms with Crippen LogP contribution < -0.4 is 4.74 Å². The van der Waals surface area contributed by atoms with Gasteiger partial charge in [0.25, 0.3) is 5.91 Å². The Bertz CT molecular complexity index is 705. The quantitative estimate of drug-likeness (QED) is 0.778. The lowest BCUT2D eigenvalue weighted by Crippen LogP contribution is -2.23. The number of para-hydroxylation sites is 1. The van der Waals surface area contributed by atoms with Gasteiger partial charge in [0.15, 0.2) is 6.61 Å². The number of hydrogen-bond acceptors (Lipinski definition) is 3. The number of benzene rings is 2. The summed E-state index contributed by atoms with van der Waals surface area (Å²) in [6.45, 7) is -0.831. The van der Waals surface area contributed by atoms with Crippen LogP contribution in [0.15, 0.2) is 53.0 Å². The molecule has 0 aromatic heterocycles. The van der Waals surface area contributed by atoms with E-state index in [2.05, 4.69) is 15.9 Å². The molecule has 0 aliphatic rings. The summed E-state index contributed by atoms with van der Waals surface area (Å²) in [6, 6.07) is 12.8. The van der Waals surface area contributed by atoms with Crippen LogP contribution >= 0.6 is 15.9 Å². The second kappa shape index (κ2) is 7.73. The fourth-order valence-electron chi connectivity index (χ4n) is 1.86. The fourth-order valence-corrected chi connectivity index (χ4v) is 2.13. The summed E-state index contributed by atoms with van der Waals surface area (Å²) in [4.78, 5) is 22.8. The molecule has 0 radical (unpaired) electrons. The van der Waals surface area contributed by atoms with Crippen molar-refractivity contribution in [3.63, 3.8) is 0 Å². The first-order valence-corrected chi connectivity index (χ1v) is 7.42. The van der Waals surface area contributed by atoms with Crippen molar-refractivity contribution in [3.8, 4) is 5.75 Å². The van der Waals surface area contributed by atoms with Crippen molar-refractivity contribution in [2.75, 3.05) is 6.61 Å². The Hall–Kier alpha value is -2.41. The number of carbonyl (C=O) groups is 2. The SMILES string of the molecule is O=C(O)COc1ccccc1C(=O)N(F)Cc1ccc(Br)cc1. The molecule has 0 atom stereocenters. The van der Waals surface area contributed by atoms with Crippen LogP contribution in [-0.2, 0) is 11.3 Å². The molecule has 7 heteroatoms. The minimum atomic E-state index is -1.18. The van der Waals surface area contributed by atoms with Crippen LogP contribution in [0.25, 0.3) is 0 Å². The molecule has 0 heterocycles. The van der Waals surface area contributed by atoms with Crippen LogP contribution in [0.1, 0.15) is 15.9 Å². The van der Waals surface area contributed by atoms with Gasteiger partial charge in [0.1, 0.15) is 5.75 Å². The first-order valence-electron chi connectivity index (χ1n) is 6.63. The average molecular weight is 382 g/mol. The Morgan fingerprint density at radius 2 is 1.78 bits per heavy atom. The van der Waals surface area contributed by atoms with Crippen LogP contribution in [-0.4, -0.2) is 28.7 Å². The van der Waals surface area contributed by atoms with Gasteiger partial charge in [-0.25, -0.2) is 4.79 Å². The van der Waals surface area contributed by atoms with Gasteiger partial charge in [-0.3, -0.25) is 4.79 Å². The second-order valence-corrected chi connectivity index (χ2v) is 5.55. The molecule has 0 bridgehead atoms. The highest BCUT2D eigenvalue weighted by atomic mass is 79.9. The zero-order valence-corrected chi connectivity index (χ0v) is 13.5. The minimum Gasteiger partial charge on any atom is -0.481 e. The monoisotopic (exact) mass is 381 g/mol. The highest BCUT2D eigenvalue weighted by Gasteiger charge is 2.20. The van der Waals surface area contributed by atoms with Gasteiger partial charge in [-0.15, -0.1) is 0 Å². The van der Waals surface area contributed by atoms with Crippen LogP contribution in [0.3, 0.4) is 0 Å². The summed E-state index contributed by atoms with van der Waals surface area (Å²) in [6.07, 6.45) is 0. The lowest BCUT2D eigenvalue weighted by atomic mass is 10.1. The molecule has 0 spiro atoms. The molecule has 2 rings (SSSR count). The Morgan fingerprint density at radius 3 is 2.43 bits per heavy atom. The number of aliphatic carboxylic acids is 1. The Balaban J connectivity index is 2.12. The van der Waals surface area contributed by atoms with Crippen LogP contribution in [0, 0.1) is 0 Å². The van der Waals surface area contributed by atoms with Crippen molar-refractivity contribution in [2.45, 2.75) is 6.54 Å². The maximum atomic E-state index is 14.1. The minimum absolute atomic E-state index is 0.0263. The van der Waals surface area contributed by atoms with Gasteiger partial charge in [-0.2, -0.15) is 5.12 Å². The van der Waals surface area contributed by atoms with E-state index in [1.807, 2.05) is 0 Å². The molecule has 5 nitrogen and oxygen atoms in total. The van der Waals surface area contributed by atoms with Crippen molar-refractivity contribution < 1.29 is 23.9 Å². The molecule has 120 valence electrons. The van der Waals surface area contributed by atoms with E-state index in [9.17, 15) is 14.1 Å². The number of halogens is 2. The van der Waals surface area contributed by atoms with E-state index in [0.29, 0.717) is 5.56 Å². The summed E-state index contributed by atoms with van der Waals surface area (Å²) in [7, 11) is 0. The predicted molar refractivity (Wildman–Crippen MR) is 84.7 cm³/mol. The van der Waals surface area contributed by atoms with Crippen molar-refractivity contribution in [1.82, 2.24) is 5.12 Å². The smallest absolute Gasteiger partial charge is 0.341 e. The zero-order chi connectivity index (χ0) is 16.8. The molecule has 0 fully saturated rings.